The molecule has 36 heavy (non-hydrogen) atoms. The Balaban J connectivity index is 1.60. The zero-order valence-electron chi connectivity index (χ0n) is 20.3. The fraction of sp³-hybridized carbons (Fsp3) is 0.333. The second-order valence-electron chi connectivity index (χ2n) is 8.85. The van der Waals surface area contributed by atoms with Crippen LogP contribution in [0.2, 0.25) is 0 Å². The van der Waals surface area contributed by atoms with Crippen LogP contribution in [0, 0.1) is 0 Å². The van der Waals surface area contributed by atoms with E-state index in [-0.39, 0.29) is 13.2 Å². The summed E-state index contributed by atoms with van der Waals surface area (Å²) in [6.45, 7) is 4.75. The van der Waals surface area contributed by atoms with Crippen LogP contribution in [-0.2, 0) is 38.8 Å². The van der Waals surface area contributed by atoms with Crippen molar-refractivity contribution in [1.29, 1.82) is 0 Å². The summed E-state index contributed by atoms with van der Waals surface area (Å²) in [5.41, 5.74) is 2.90. The topological polar surface area (TPSA) is 77.4 Å². The third kappa shape index (κ3) is 6.89. The van der Waals surface area contributed by atoms with Crippen LogP contribution in [0.5, 0.6) is 0 Å². The summed E-state index contributed by atoms with van der Waals surface area (Å²) < 4.78 is 24.8. The van der Waals surface area contributed by atoms with Crippen LogP contribution in [0.25, 0.3) is 0 Å². The molecule has 0 aromatic heterocycles. The lowest BCUT2D eigenvalue weighted by atomic mass is 9.84. The summed E-state index contributed by atoms with van der Waals surface area (Å²) in [6, 6.07) is 29.2. The molecular formula is C30H34O6. The second kappa shape index (κ2) is 13.5. The number of hydrogen-bond acceptors (Lipinski definition) is 6. The minimum absolute atomic E-state index is 0.195. The van der Waals surface area contributed by atoms with Crippen LogP contribution in [0.15, 0.2) is 104 Å². The van der Waals surface area contributed by atoms with Crippen LogP contribution in [-0.4, -0.2) is 53.4 Å². The van der Waals surface area contributed by atoms with Gasteiger partial charge in [-0.25, -0.2) is 0 Å². The number of aliphatic hydroxyl groups excluding tert-OH is 2. The Morgan fingerprint density at radius 1 is 0.528 bits per heavy atom. The van der Waals surface area contributed by atoms with Crippen molar-refractivity contribution in [3.05, 3.63) is 120 Å². The van der Waals surface area contributed by atoms with Gasteiger partial charge in [0.05, 0.1) is 26.4 Å². The molecule has 6 heteroatoms. The summed E-state index contributed by atoms with van der Waals surface area (Å²) in [7, 11) is 0. The zero-order chi connectivity index (χ0) is 25.2. The average molecular weight is 491 g/mol. The molecule has 1 aliphatic rings. The van der Waals surface area contributed by atoms with Crippen molar-refractivity contribution in [1.82, 2.24) is 0 Å². The summed E-state index contributed by atoms with van der Waals surface area (Å²) >= 11 is 0. The third-order valence-electron chi connectivity index (χ3n) is 6.26. The fourth-order valence-corrected chi connectivity index (χ4v) is 4.40. The van der Waals surface area contributed by atoms with Crippen molar-refractivity contribution in [3.63, 3.8) is 0 Å². The Bertz CT molecular complexity index is 1030. The highest BCUT2D eigenvalue weighted by molar-refractivity contribution is 5.16. The normalized spacial score (nSPS) is 25.9. The molecule has 6 atom stereocenters. The zero-order valence-corrected chi connectivity index (χ0v) is 20.3. The smallest absolute Gasteiger partial charge is 0.116 e. The molecule has 0 spiro atoms. The van der Waals surface area contributed by atoms with E-state index in [0.29, 0.717) is 13.2 Å². The average Bonchev–Trinajstić information content (AvgIpc) is 2.93. The van der Waals surface area contributed by atoms with E-state index >= 15 is 0 Å². The predicted molar refractivity (Wildman–Crippen MR) is 137 cm³/mol. The maximum absolute atomic E-state index is 11.1. The quantitative estimate of drug-likeness (QED) is 0.373. The second-order valence-corrected chi connectivity index (χ2v) is 8.85. The molecule has 190 valence electrons. The highest BCUT2D eigenvalue weighted by atomic mass is 16.6. The number of rotatable bonds is 12. The van der Waals surface area contributed by atoms with E-state index in [9.17, 15) is 10.2 Å². The summed E-state index contributed by atoms with van der Waals surface area (Å²) in [4.78, 5) is 0. The van der Waals surface area contributed by atoms with Crippen LogP contribution >= 0.6 is 0 Å². The lowest BCUT2D eigenvalue weighted by molar-refractivity contribution is -0.270. The van der Waals surface area contributed by atoms with Gasteiger partial charge < -0.3 is 29.2 Å². The molecule has 2 N–H and O–H groups in total. The van der Waals surface area contributed by atoms with Gasteiger partial charge in [-0.2, -0.15) is 0 Å². The highest BCUT2D eigenvalue weighted by Gasteiger charge is 2.52. The van der Waals surface area contributed by atoms with Crippen LogP contribution in [0.3, 0.4) is 0 Å². The van der Waals surface area contributed by atoms with Gasteiger partial charge in [-0.05, 0) is 16.7 Å². The van der Waals surface area contributed by atoms with Gasteiger partial charge in [0.15, 0.2) is 0 Å². The van der Waals surface area contributed by atoms with Gasteiger partial charge in [-0.15, -0.1) is 6.58 Å². The molecule has 0 bridgehead atoms. The summed E-state index contributed by atoms with van der Waals surface area (Å²) in [6.07, 6.45) is -3.94. The van der Waals surface area contributed by atoms with E-state index < -0.39 is 36.6 Å². The van der Waals surface area contributed by atoms with Gasteiger partial charge in [0.1, 0.15) is 36.6 Å². The van der Waals surface area contributed by atoms with E-state index in [4.69, 9.17) is 18.9 Å². The summed E-state index contributed by atoms with van der Waals surface area (Å²) in [5, 5.41) is 22.2. The van der Waals surface area contributed by atoms with Gasteiger partial charge in [-0.3, -0.25) is 0 Å². The van der Waals surface area contributed by atoms with Crippen LogP contribution in [0.1, 0.15) is 16.7 Å². The van der Waals surface area contributed by atoms with Gasteiger partial charge in [0.25, 0.3) is 0 Å². The van der Waals surface area contributed by atoms with E-state index in [1.54, 1.807) is 6.08 Å². The Kier molecular flexibility index (Phi) is 9.81. The molecule has 0 saturated heterocycles. The first kappa shape index (κ1) is 26.2. The standard InChI is InChI=1S/C30H34O6/c1-2-18-33-27-25(31)26(32)28(34-19-22-12-6-3-7-13-22)30(36-21-24-16-10-5-11-17-24)29(27)35-20-23-14-8-4-9-15-23/h2-17,25-32H,1,18-21H2/t25-,26-,27+,28+,29-,30+/m0/s1. The lowest BCUT2D eigenvalue weighted by Crippen LogP contribution is -2.66. The molecule has 1 aliphatic carbocycles. The molecule has 0 unspecified atom stereocenters. The monoisotopic (exact) mass is 490 g/mol. The van der Waals surface area contributed by atoms with E-state index in [2.05, 4.69) is 6.58 Å². The van der Waals surface area contributed by atoms with Crippen molar-refractivity contribution in [2.24, 2.45) is 0 Å². The molecule has 1 saturated carbocycles. The Labute approximate surface area is 212 Å². The minimum atomic E-state index is -1.24. The van der Waals surface area contributed by atoms with Crippen molar-refractivity contribution in [3.8, 4) is 0 Å². The Morgan fingerprint density at radius 2 is 0.861 bits per heavy atom. The van der Waals surface area contributed by atoms with Crippen LogP contribution < -0.4 is 0 Å². The maximum Gasteiger partial charge on any atom is 0.116 e. The molecule has 1 fully saturated rings. The van der Waals surface area contributed by atoms with Crippen molar-refractivity contribution in [2.75, 3.05) is 6.61 Å². The first-order chi connectivity index (χ1) is 17.7. The van der Waals surface area contributed by atoms with E-state index in [1.165, 1.54) is 0 Å². The molecule has 0 heterocycles. The maximum atomic E-state index is 11.1. The number of hydrogen-bond donors (Lipinski definition) is 2. The first-order valence-electron chi connectivity index (χ1n) is 12.2. The molecule has 0 amide bonds. The number of aliphatic hydroxyl groups is 2. The van der Waals surface area contributed by atoms with Gasteiger partial charge in [0.2, 0.25) is 0 Å². The van der Waals surface area contributed by atoms with Crippen molar-refractivity contribution < 1.29 is 29.2 Å². The third-order valence-corrected chi connectivity index (χ3v) is 6.26. The van der Waals surface area contributed by atoms with Crippen LogP contribution in [0.4, 0.5) is 0 Å². The molecular weight excluding hydrogens is 456 g/mol. The van der Waals surface area contributed by atoms with Gasteiger partial charge >= 0.3 is 0 Å². The lowest BCUT2D eigenvalue weighted by Gasteiger charge is -2.47. The SMILES string of the molecule is C=CCO[C@@H]1[C@@H](O)[C@H](O)[C@@H](OCc2ccccc2)[C@@H](OCc2ccccc2)[C@H]1OCc1ccccc1. The number of benzene rings is 3. The molecule has 0 radical (unpaired) electrons. The molecule has 6 nitrogen and oxygen atoms in total. The van der Waals surface area contributed by atoms with Gasteiger partial charge in [0, 0.05) is 0 Å². The summed E-state index contributed by atoms with van der Waals surface area (Å²) in [5.74, 6) is 0. The first-order valence-corrected chi connectivity index (χ1v) is 12.2. The molecule has 3 aromatic carbocycles. The van der Waals surface area contributed by atoms with Crippen molar-refractivity contribution in [2.45, 2.75) is 56.4 Å². The Hall–Kier alpha value is -2.84. The largest absolute Gasteiger partial charge is 0.387 e. The van der Waals surface area contributed by atoms with E-state index in [1.807, 2.05) is 91.0 Å². The Morgan fingerprint density at radius 3 is 1.22 bits per heavy atom. The predicted octanol–water partition coefficient (Wildman–Crippen LogP) is 4.05. The van der Waals surface area contributed by atoms with Gasteiger partial charge in [-0.1, -0.05) is 97.1 Å². The molecule has 4 rings (SSSR count). The number of ether oxygens (including phenoxy) is 4. The fourth-order valence-electron chi connectivity index (χ4n) is 4.40. The van der Waals surface area contributed by atoms with Crippen molar-refractivity contribution >= 4 is 0 Å². The molecule has 3 aromatic rings. The highest BCUT2D eigenvalue weighted by Crippen LogP contribution is 2.32. The molecule has 0 aliphatic heterocycles. The minimum Gasteiger partial charge on any atom is -0.387 e. The van der Waals surface area contributed by atoms with E-state index in [0.717, 1.165) is 16.7 Å².